The number of amides is 1. The number of aromatic nitrogens is 2. The standard InChI is InChI=1S/C19H21N3O/c1-4-22(16-7-5-6-14(2)10-16)19(23)12-15-8-9-18-17(11-15)20-13-21(18)3/h5-11,13H,4,12H2,1-3H3. The number of carbonyl (C=O) groups excluding carboxylic acids is 1. The van der Waals surface area contributed by atoms with Crippen LogP contribution in [0.1, 0.15) is 18.1 Å². The van der Waals surface area contributed by atoms with Crippen LogP contribution in [0.3, 0.4) is 0 Å². The molecule has 0 saturated heterocycles. The Morgan fingerprint density at radius 1 is 1.22 bits per heavy atom. The average molecular weight is 307 g/mol. The second-order valence-corrected chi connectivity index (χ2v) is 5.83. The topological polar surface area (TPSA) is 38.1 Å². The van der Waals surface area contributed by atoms with Gasteiger partial charge in [0.25, 0.3) is 0 Å². The zero-order chi connectivity index (χ0) is 16.4. The molecule has 0 bridgehead atoms. The number of nitrogens with zero attached hydrogens (tertiary/aromatic N) is 3. The highest BCUT2D eigenvalue weighted by Gasteiger charge is 2.15. The van der Waals surface area contributed by atoms with E-state index in [9.17, 15) is 4.79 Å². The Balaban J connectivity index is 1.83. The molecule has 0 fully saturated rings. The Bertz CT molecular complexity index is 851. The van der Waals surface area contributed by atoms with Crippen molar-refractivity contribution in [2.75, 3.05) is 11.4 Å². The number of likely N-dealkylation sites (N-methyl/N-ethyl adjacent to an activating group) is 1. The molecule has 0 radical (unpaired) electrons. The fourth-order valence-corrected chi connectivity index (χ4v) is 2.86. The molecule has 4 heteroatoms. The summed E-state index contributed by atoms with van der Waals surface area (Å²) >= 11 is 0. The summed E-state index contributed by atoms with van der Waals surface area (Å²) in [6.45, 7) is 4.70. The monoisotopic (exact) mass is 307 g/mol. The maximum Gasteiger partial charge on any atom is 0.231 e. The lowest BCUT2D eigenvalue weighted by Crippen LogP contribution is -2.32. The summed E-state index contributed by atoms with van der Waals surface area (Å²) in [5.74, 6) is 0.105. The molecule has 0 aliphatic carbocycles. The molecule has 0 atom stereocenters. The lowest BCUT2D eigenvalue weighted by atomic mass is 10.1. The smallest absolute Gasteiger partial charge is 0.231 e. The zero-order valence-electron chi connectivity index (χ0n) is 13.8. The molecular weight excluding hydrogens is 286 g/mol. The van der Waals surface area contributed by atoms with Crippen LogP contribution in [0.15, 0.2) is 48.8 Å². The molecule has 1 aromatic heterocycles. The van der Waals surface area contributed by atoms with Crippen molar-refractivity contribution in [1.29, 1.82) is 0 Å². The van der Waals surface area contributed by atoms with Crippen LogP contribution in [0.25, 0.3) is 11.0 Å². The minimum absolute atomic E-state index is 0.105. The average Bonchev–Trinajstić information content (AvgIpc) is 2.89. The van der Waals surface area contributed by atoms with Gasteiger partial charge in [0.1, 0.15) is 0 Å². The molecule has 0 saturated carbocycles. The van der Waals surface area contributed by atoms with Crippen molar-refractivity contribution in [3.63, 3.8) is 0 Å². The van der Waals surface area contributed by atoms with E-state index in [1.54, 1.807) is 6.33 Å². The number of imidazole rings is 1. The number of anilines is 1. The van der Waals surface area contributed by atoms with Crippen LogP contribution in [-0.2, 0) is 18.3 Å². The molecule has 3 aromatic rings. The van der Waals surface area contributed by atoms with Gasteiger partial charge in [-0.05, 0) is 49.2 Å². The summed E-state index contributed by atoms with van der Waals surface area (Å²) < 4.78 is 1.98. The molecule has 0 unspecified atom stereocenters. The third kappa shape index (κ3) is 3.11. The van der Waals surface area contributed by atoms with E-state index >= 15 is 0 Å². The molecule has 2 aromatic carbocycles. The molecule has 0 N–H and O–H groups in total. The first-order valence-electron chi connectivity index (χ1n) is 7.85. The number of hydrogen-bond donors (Lipinski definition) is 0. The number of carbonyl (C=O) groups is 1. The lowest BCUT2D eigenvalue weighted by Gasteiger charge is -2.21. The first kappa shape index (κ1) is 15.3. The molecular formula is C19H21N3O. The lowest BCUT2D eigenvalue weighted by molar-refractivity contribution is -0.117. The highest BCUT2D eigenvalue weighted by Crippen LogP contribution is 2.19. The Kier molecular flexibility index (Phi) is 4.15. The Morgan fingerprint density at radius 3 is 2.78 bits per heavy atom. The van der Waals surface area contributed by atoms with Gasteiger partial charge in [-0.2, -0.15) is 0 Å². The minimum Gasteiger partial charge on any atom is -0.334 e. The SMILES string of the molecule is CCN(C(=O)Cc1ccc2c(c1)ncn2C)c1cccc(C)c1. The van der Waals surface area contributed by atoms with Gasteiger partial charge in [-0.15, -0.1) is 0 Å². The zero-order valence-corrected chi connectivity index (χ0v) is 13.8. The van der Waals surface area contributed by atoms with Gasteiger partial charge in [0.2, 0.25) is 5.91 Å². The number of benzene rings is 2. The maximum absolute atomic E-state index is 12.7. The highest BCUT2D eigenvalue weighted by molar-refractivity contribution is 5.95. The predicted molar refractivity (Wildman–Crippen MR) is 93.6 cm³/mol. The Labute approximate surface area is 136 Å². The summed E-state index contributed by atoms with van der Waals surface area (Å²) in [4.78, 5) is 18.9. The van der Waals surface area contributed by atoms with E-state index in [1.165, 1.54) is 0 Å². The van der Waals surface area contributed by atoms with E-state index in [0.717, 1.165) is 27.8 Å². The number of fused-ring (bicyclic) bond motifs is 1. The minimum atomic E-state index is 0.105. The van der Waals surface area contributed by atoms with Crippen molar-refractivity contribution in [3.8, 4) is 0 Å². The van der Waals surface area contributed by atoms with Crippen LogP contribution < -0.4 is 4.90 Å². The molecule has 0 aliphatic rings. The van der Waals surface area contributed by atoms with Gasteiger partial charge in [-0.1, -0.05) is 18.2 Å². The van der Waals surface area contributed by atoms with Crippen molar-refractivity contribution in [2.24, 2.45) is 7.05 Å². The second-order valence-electron chi connectivity index (χ2n) is 5.83. The molecule has 4 nitrogen and oxygen atoms in total. The molecule has 118 valence electrons. The number of aryl methyl sites for hydroxylation is 2. The summed E-state index contributed by atoms with van der Waals surface area (Å²) in [5, 5.41) is 0. The van der Waals surface area contributed by atoms with Crippen molar-refractivity contribution in [1.82, 2.24) is 9.55 Å². The number of rotatable bonds is 4. The third-order valence-electron chi connectivity index (χ3n) is 4.08. The van der Waals surface area contributed by atoms with Crippen LogP contribution in [-0.4, -0.2) is 22.0 Å². The first-order valence-corrected chi connectivity index (χ1v) is 7.85. The molecule has 0 spiro atoms. The van der Waals surface area contributed by atoms with Crippen LogP contribution in [0.2, 0.25) is 0 Å². The van der Waals surface area contributed by atoms with Crippen LogP contribution in [0, 0.1) is 6.92 Å². The molecule has 3 rings (SSSR count). The van der Waals surface area contributed by atoms with Gasteiger partial charge < -0.3 is 9.47 Å². The fourth-order valence-electron chi connectivity index (χ4n) is 2.86. The third-order valence-corrected chi connectivity index (χ3v) is 4.08. The quantitative estimate of drug-likeness (QED) is 0.740. The van der Waals surface area contributed by atoms with Crippen molar-refractivity contribution in [2.45, 2.75) is 20.3 Å². The van der Waals surface area contributed by atoms with Crippen LogP contribution >= 0.6 is 0 Å². The highest BCUT2D eigenvalue weighted by atomic mass is 16.2. The number of hydrogen-bond acceptors (Lipinski definition) is 2. The molecule has 0 aliphatic heterocycles. The summed E-state index contributed by atoms with van der Waals surface area (Å²) in [7, 11) is 1.97. The van der Waals surface area contributed by atoms with Gasteiger partial charge in [0.05, 0.1) is 23.8 Å². The molecule has 1 amide bonds. The van der Waals surface area contributed by atoms with Crippen LogP contribution in [0.4, 0.5) is 5.69 Å². The summed E-state index contributed by atoms with van der Waals surface area (Å²) in [5.41, 5.74) is 5.11. The van der Waals surface area contributed by atoms with Gasteiger partial charge in [0, 0.05) is 19.3 Å². The van der Waals surface area contributed by atoms with E-state index in [-0.39, 0.29) is 5.91 Å². The van der Waals surface area contributed by atoms with E-state index in [0.29, 0.717) is 13.0 Å². The first-order chi connectivity index (χ1) is 11.1. The van der Waals surface area contributed by atoms with Crippen LogP contribution in [0.5, 0.6) is 0 Å². The second kappa shape index (κ2) is 6.24. The van der Waals surface area contributed by atoms with E-state index in [4.69, 9.17) is 0 Å². The van der Waals surface area contributed by atoms with Crippen molar-refractivity contribution < 1.29 is 4.79 Å². The van der Waals surface area contributed by atoms with E-state index < -0.39 is 0 Å². The van der Waals surface area contributed by atoms with Gasteiger partial charge in [-0.25, -0.2) is 4.98 Å². The Hall–Kier alpha value is -2.62. The van der Waals surface area contributed by atoms with Gasteiger partial charge >= 0.3 is 0 Å². The van der Waals surface area contributed by atoms with Gasteiger partial charge in [-0.3, -0.25) is 4.79 Å². The molecule has 1 heterocycles. The molecule has 23 heavy (non-hydrogen) atoms. The van der Waals surface area contributed by atoms with Crippen molar-refractivity contribution >= 4 is 22.6 Å². The fraction of sp³-hybridized carbons (Fsp3) is 0.263. The summed E-state index contributed by atoms with van der Waals surface area (Å²) in [6.07, 6.45) is 2.18. The van der Waals surface area contributed by atoms with E-state index in [2.05, 4.69) is 4.98 Å². The Morgan fingerprint density at radius 2 is 2.04 bits per heavy atom. The van der Waals surface area contributed by atoms with Crippen molar-refractivity contribution in [3.05, 3.63) is 59.9 Å². The largest absolute Gasteiger partial charge is 0.334 e. The predicted octanol–water partition coefficient (Wildman–Crippen LogP) is 3.48. The van der Waals surface area contributed by atoms with Gasteiger partial charge in [0.15, 0.2) is 0 Å². The van der Waals surface area contributed by atoms with E-state index in [1.807, 2.05) is 72.8 Å². The summed E-state index contributed by atoms with van der Waals surface area (Å²) in [6, 6.07) is 14.1. The normalized spacial score (nSPS) is 10.9. The maximum atomic E-state index is 12.7.